The van der Waals surface area contributed by atoms with Gasteiger partial charge in [0.25, 0.3) is 5.91 Å². The van der Waals surface area contributed by atoms with Crippen LogP contribution in [0.5, 0.6) is 0 Å². The molecule has 13 heavy (non-hydrogen) atoms. The first-order valence-electron chi connectivity index (χ1n) is 4.80. The van der Waals surface area contributed by atoms with E-state index in [4.69, 9.17) is 0 Å². The Morgan fingerprint density at radius 2 is 2.00 bits per heavy atom. The van der Waals surface area contributed by atoms with Crippen molar-refractivity contribution in [2.45, 2.75) is 31.7 Å². The van der Waals surface area contributed by atoms with Crippen molar-refractivity contribution >= 4 is 11.9 Å². The number of imide groups is 1. The number of fused-ring (bicyclic) bond motifs is 1. The molecule has 0 bridgehead atoms. The summed E-state index contributed by atoms with van der Waals surface area (Å²) in [7, 11) is 1.57. The monoisotopic (exact) mass is 182 g/mol. The summed E-state index contributed by atoms with van der Waals surface area (Å²) in [5.41, 5.74) is 0. The molecule has 2 fully saturated rings. The number of hydrogen-bond acceptors (Lipinski definition) is 2. The molecule has 4 nitrogen and oxygen atoms in total. The van der Waals surface area contributed by atoms with Crippen LogP contribution in [0.2, 0.25) is 0 Å². The van der Waals surface area contributed by atoms with E-state index in [0.717, 1.165) is 32.2 Å². The summed E-state index contributed by atoms with van der Waals surface area (Å²) in [6.07, 6.45) is 4.07. The van der Waals surface area contributed by atoms with Crippen molar-refractivity contribution in [3.05, 3.63) is 0 Å². The Balaban J connectivity index is 2.22. The van der Waals surface area contributed by atoms with Gasteiger partial charge in [-0.15, -0.1) is 0 Å². The number of urea groups is 1. The van der Waals surface area contributed by atoms with Crippen LogP contribution in [0.15, 0.2) is 0 Å². The maximum Gasteiger partial charge on any atom is 0.327 e. The van der Waals surface area contributed by atoms with Gasteiger partial charge in [0.2, 0.25) is 0 Å². The third-order valence-electron chi connectivity index (χ3n) is 2.90. The van der Waals surface area contributed by atoms with Gasteiger partial charge >= 0.3 is 6.03 Å². The first-order valence-corrected chi connectivity index (χ1v) is 4.80. The van der Waals surface area contributed by atoms with Crippen LogP contribution in [0.3, 0.4) is 0 Å². The Kier molecular flexibility index (Phi) is 1.98. The van der Waals surface area contributed by atoms with Crippen molar-refractivity contribution in [1.82, 2.24) is 9.80 Å². The second-order valence-corrected chi connectivity index (χ2v) is 3.74. The van der Waals surface area contributed by atoms with Gasteiger partial charge in [0.05, 0.1) is 0 Å². The van der Waals surface area contributed by atoms with E-state index in [-0.39, 0.29) is 18.0 Å². The lowest BCUT2D eigenvalue weighted by Crippen LogP contribution is -2.34. The van der Waals surface area contributed by atoms with E-state index in [1.807, 2.05) is 0 Å². The van der Waals surface area contributed by atoms with Crippen LogP contribution in [0.25, 0.3) is 0 Å². The molecule has 1 atom stereocenters. The number of carbonyl (C=O) groups excluding carboxylic acids is 2. The van der Waals surface area contributed by atoms with Crippen molar-refractivity contribution in [2.75, 3.05) is 13.6 Å². The lowest BCUT2D eigenvalue weighted by molar-refractivity contribution is -0.127. The van der Waals surface area contributed by atoms with Crippen LogP contribution in [-0.2, 0) is 4.79 Å². The zero-order chi connectivity index (χ0) is 9.42. The molecule has 2 saturated heterocycles. The maximum atomic E-state index is 11.6. The van der Waals surface area contributed by atoms with E-state index in [1.165, 1.54) is 4.90 Å². The van der Waals surface area contributed by atoms with Crippen molar-refractivity contribution in [1.29, 1.82) is 0 Å². The minimum atomic E-state index is -0.153. The molecule has 0 spiro atoms. The Morgan fingerprint density at radius 1 is 1.23 bits per heavy atom. The third kappa shape index (κ3) is 1.20. The van der Waals surface area contributed by atoms with E-state index in [9.17, 15) is 9.59 Å². The number of amides is 3. The predicted octanol–water partition coefficient (Wildman–Crippen LogP) is 0.823. The first-order chi connectivity index (χ1) is 6.22. The molecular formula is C9H14N2O2. The highest BCUT2D eigenvalue weighted by atomic mass is 16.2. The zero-order valence-corrected chi connectivity index (χ0v) is 7.82. The Hall–Kier alpha value is -1.06. The van der Waals surface area contributed by atoms with Gasteiger partial charge in [0.1, 0.15) is 6.04 Å². The minimum absolute atomic E-state index is 0.0214. The van der Waals surface area contributed by atoms with E-state index >= 15 is 0 Å². The van der Waals surface area contributed by atoms with Crippen LogP contribution in [-0.4, -0.2) is 41.4 Å². The second kappa shape index (κ2) is 3.01. The molecule has 2 aliphatic heterocycles. The van der Waals surface area contributed by atoms with E-state index in [1.54, 1.807) is 11.9 Å². The summed E-state index contributed by atoms with van der Waals surface area (Å²) in [6, 6.07) is -0.267. The summed E-state index contributed by atoms with van der Waals surface area (Å²) in [5.74, 6) is -0.0214. The van der Waals surface area contributed by atoms with Gasteiger partial charge in [0, 0.05) is 13.6 Å². The fraction of sp³-hybridized carbons (Fsp3) is 0.778. The molecule has 3 amide bonds. The fourth-order valence-electron chi connectivity index (χ4n) is 2.10. The van der Waals surface area contributed by atoms with Crippen molar-refractivity contribution < 1.29 is 9.59 Å². The van der Waals surface area contributed by atoms with Gasteiger partial charge in [-0.1, -0.05) is 12.8 Å². The molecule has 0 aromatic carbocycles. The van der Waals surface area contributed by atoms with Crippen molar-refractivity contribution in [3.8, 4) is 0 Å². The fourth-order valence-corrected chi connectivity index (χ4v) is 2.10. The van der Waals surface area contributed by atoms with Crippen LogP contribution in [0.4, 0.5) is 4.79 Å². The van der Waals surface area contributed by atoms with Crippen LogP contribution in [0, 0.1) is 0 Å². The molecule has 0 radical (unpaired) electrons. The number of hydrogen-bond donors (Lipinski definition) is 0. The van der Waals surface area contributed by atoms with Crippen molar-refractivity contribution in [2.24, 2.45) is 0 Å². The molecule has 0 aromatic heterocycles. The van der Waals surface area contributed by atoms with Gasteiger partial charge in [0.15, 0.2) is 0 Å². The van der Waals surface area contributed by atoms with Gasteiger partial charge in [-0.3, -0.25) is 9.69 Å². The average molecular weight is 182 g/mol. The number of carbonyl (C=O) groups is 2. The molecule has 1 unspecified atom stereocenters. The number of likely N-dealkylation sites (N-methyl/N-ethyl adjacent to an activating group) is 1. The topological polar surface area (TPSA) is 40.6 Å². The molecule has 4 heteroatoms. The van der Waals surface area contributed by atoms with E-state index in [0.29, 0.717) is 0 Å². The Labute approximate surface area is 77.5 Å². The molecule has 2 rings (SSSR count). The highest BCUT2D eigenvalue weighted by molar-refractivity contribution is 6.03. The largest absolute Gasteiger partial charge is 0.327 e. The summed E-state index contributed by atoms with van der Waals surface area (Å²) < 4.78 is 0. The number of rotatable bonds is 0. The van der Waals surface area contributed by atoms with E-state index in [2.05, 4.69) is 0 Å². The SMILES string of the molecule is CN1C(=O)C2CCCCCN2C1=O. The van der Waals surface area contributed by atoms with Crippen LogP contribution in [0.1, 0.15) is 25.7 Å². The van der Waals surface area contributed by atoms with Crippen LogP contribution >= 0.6 is 0 Å². The number of nitrogens with zero attached hydrogens (tertiary/aromatic N) is 2. The molecule has 0 N–H and O–H groups in total. The van der Waals surface area contributed by atoms with Gasteiger partial charge < -0.3 is 4.90 Å². The normalized spacial score (nSPS) is 29.2. The standard InChI is InChI=1S/C9H14N2O2/c1-10-8(12)7-5-3-2-4-6-11(7)9(10)13/h7H,2-6H2,1H3. The molecule has 72 valence electrons. The minimum Gasteiger partial charge on any atom is -0.312 e. The van der Waals surface area contributed by atoms with Gasteiger partial charge in [-0.05, 0) is 12.8 Å². The average Bonchev–Trinajstić information content (AvgIpc) is 2.40. The third-order valence-corrected chi connectivity index (χ3v) is 2.90. The predicted molar refractivity (Wildman–Crippen MR) is 47.1 cm³/mol. The highest BCUT2D eigenvalue weighted by Crippen LogP contribution is 2.24. The Bertz CT molecular complexity index is 228. The molecule has 0 aromatic rings. The lowest BCUT2D eigenvalue weighted by Gasteiger charge is -2.17. The molecule has 0 aliphatic carbocycles. The molecule has 0 saturated carbocycles. The summed E-state index contributed by atoms with van der Waals surface area (Å²) in [4.78, 5) is 26.1. The highest BCUT2D eigenvalue weighted by Gasteiger charge is 2.42. The van der Waals surface area contributed by atoms with Crippen LogP contribution < -0.4 is 0 Å². The quantitative estimate of drug-likeness (QED) is 0.520. The van der Waals surface area contributed by atoms with Gasteiger partial charge in [-0.25, -0.2) is 4.79 Å². The first kappa shape index (κ1) is 8.53. The second-order valence-electron chi connectivity index (χ2n) is 3.74. The van der Waals surface area contributed by atoms with Gasteiger partial charge in [-0.2, -0.15) is 0 Å². The summed E-state index contributed by atoms with van der Waals surface area (Å²) in [5, 5.41) is 0. The molecule has 2 heterocycles. The Morgan fingerprint density at radius 3 is 2.77 bits per heavy atom. The molecule has 2 aliphatic rings. The van der Waals surface area contributed by atoms with Crippen molar-refractivity contribution in [3.63, 3.8) is 0 Å². The maximum absolute atomic E-state index is 11.6. The molecular weight excluding hydrogens is 168 g/mol. The van der Waals surface area contributed by atoms with E-state index < -0.39 is 0 Å². The summed E-state index contributed by atoms with van der Waals surface area (Å²) >= 11 is 0. The zero-order valence-electron chi connectivity index (χ0n) is 7.82. The smallest absolute Gasteiger partial charge is 0.312 e. The lowest BCUT2D eigenvalue weighted by atomic mass is 10.1. The summed E-state index contributed by atoms with van der Waals surface area (Å²) in [6.45, 7) is 0.750.